The number of hydrogen-bond acceptors (Lipinski definition) is 1. The molecule has 0 aromatic carbocycles. The van der Waals surface area contributed by atoms with Crippen LogP contribution < -0.4 is 0 Å². The molecule has 3 nitrogen and oxygen atoms in total. The van der Waals surface area contributed by atoms with Crippen molar-refractivity contribution in [3.05, 3.63) is 0 Å². The van der Waals surface area contributed by atoms with Crippen LogP contribution in [0.4, 0.5) is 4.79 Å². The highest BCUT2D eigenvalue weighted by molar-refractivity contribution is 5.78. The first kappa shape index (κ1) is 12.3. The van der Waals surface area contributed by atoms with E-state index >= 15 is 0 Å². The summed E-state index contributed by atoms with van der Waals surface area (Å²) in [6.07, 6.45) is 2.38. The van der Waals surface area contributed by atoms with Crippen LogP contribution in [-0.2, 0) is 0 Å². The van der Waals surface area contributed by atoms with Gasteiger partial charge in [-0.1, -0.05) is 13.8 Å². The van der Waals surface area contributed by atoms with Gasteiger partial charge in [0.2, 0.25) is 0 Å². The van der Waals surface area contributed by atoms with Crippen molar-refractivity contribution in [2.75, 3.05) is 13.1 Å². The average Bonchev–Trinajstić information content (AvgIpc) is 2.71. The average molecular weight is 212 g/mol. The minimum Gasteiger partial charge on any atom is -0.320 e. The van der Waals surface area contributed by atoms with Gasteiger partial charge < -0.3 is 9.80 Å². The zero-order chi connectivity index (χ0) is 11.6. The van der Waals surface area contributed by atoms with Gasteiger partial charge in [0.25, 0.3) is 0 Å². The van der Waals surface area contributed by atoms with Gasteiger partial charge in [0.15, 0.2) is 0 Å². The van der Waals surface area contributed by atoms with Gasteiger partial charge in [0.1, 0.15) is 0 Å². The minimum absolute atomic E-state index is 0.0125. The Balaban J connectivity index is 0.000000531. The van der Waals surface area contributed by atoms with E-state index < -0.39 is 0 Å². The summed E-state index contributed by atoms with van der Waals surface area (Å²) in [7, 11) is 0. The second-order valence-corrected chi connectivity index (χ2v) is 5.05. The predicted molar refractivity (Wildman–Crippen MR) is 62.9 cm³/mol. The van der Waals surface area contributed by atoms with Crippen LogP contribution in [0, 0.1) is 0 Å². The van der Waals surface area contributed by atoms with Gasteiger partial charge in [-0.15, -0.1) is 0 Å². The largest absolute Gasteiger partial charge is 0.320 e. The molecule has 2 aliphatic rings. The molecule has 1 atom stereocenters. The molecule has 0 bridgehead atoms. The van der Waals surface area contributed by atoms with E-state index in [9.17, 15) is 4.79 Å². The van der Waals surface area contributed by atoms with Crippen molar-refractivity contribution in [3.8, 4) is 0 Å². The maximum Gasteiger partial charge on any atom is 0.320 e. The van der Waals surface area contributed by atoms with Gasteiger partial charge in [0.05, 0.1) is 6.04 Å². The van der Waals surface area contributed by atoms with Crippen LogP contribution in [0.5, 0.6) is 0 Å². The predicted octanol–water partition coefficient (Wildman–Crippen LogP) is 2.71. The maximum absolute atomic E-state index is 11.9. The van der Waals surface area contributed by atoms with E-state index in [0.717, 1.165) is 13.1 Å². The Labute approximate surface area is 93.4 Å². The summed E-state index contributed by atoms with van der Waals surface area (Å²) in [6.45, 7) is 12.2. The summed E-state index contributed by atoms with van der Waals surface area (Å²) in [4.78, 5) is 15.9. The van der Waals surface area contributed by atoms with E-state index in [1.807, 2.05) is 23.6 Å². The summed E-state index contributed by atoms with van der Waals surface area (Å²) < 4.78 is 0. The first-order valence-electron chi connectivity index (χ1n) is 6.08. The molecule has 2 fully saturated rings. The molecule has 2 saturated heterocycles. The fraction of sp³-hybridized carbons (Fsp3) is 0.917. The number of fused-ring (bicyclic) bond motifs is 1. The minimum atomic E-state index is -0.0125. The second-order valence-electron chi connectivity index (χ2n) is 5.05. The molecule has 15 heavy (non-hydrogen) atoms. The summed E-state index contributed by atoms with van der Waals surface area (Å²) in [6, 6.07) is 0.752. The molecule has 3 heteroatoms. The summed E-state index contributed by atoms with van der Waals surface area (Å²) in [5, 5.41) is 0. The van der Waals surface area contributed by atoms with E-state index in [4.69, 9.17) is 0 Å². The van der Waals surface area contributed by atoms with Crippen LogP contribution in [0.1, 0.15) is 47.5 Å². The van der Waals surface area contributed by atoms with Crippen LogP contribution in [0.3, 0.4) is 0 Å². The molecule has 0 saturated carbocycles. The lowest BCUT2D eigenvalue weighted by atomic mass is 10.1. The maximum atomic E-state index is 11.9. The van der Waals surface area contributed by atoms with Crippen LogP contribution in [0.2, 0.25) is 0 Å². The van der Waals surface area contributed by atoms with Crippen molar-refractivity contribution in [3.63, 3.8) is 0 Å². The highest BCUT2D eigenvalue weighted by atomic mass is 16.2. The number of carbonyl (C=O) groups is 1. The first-order valence-corrected chi connectivity index (χ1v) is 6.08. The van der Waals surface area contributed by atoms with Crippen molar-refractivity contribution in [2.24, 2.45) is 0 Å². The zero-order valence-electron chi connectivity index (χ0n) is 10.7. The molecule has 2 amide bonds. The number of carbonyl (C=O) groups excluding carboxylic acids is 1. The van der Waals surface area contributed by atoms with Crippen molar-refractivity contribution in [1.82, 2.24) is 9.80 Å². The number of hydrogen-bond donors (Lipinski definition) is 0. The van der Waals surface area contributed by atoms with Gasteiger partial charge in [0, 0.05) is 18.6 Å². The van der Waals surface area contributed by atoms with Crippen molar-refractivity contribution in [1.29, 1.82) is 0 Å². The quantitative estimate of drug-likeness (QED) is 0.605. The van der Waals surface area contributed by atoms with Crippen LogP contribution in [-0.4, -0.2) is 40.5 Å². The van der Waals surface area contributed by atoms with Gasteiger partial charge in [-0.3, -0.25) is 0 Å². The highest BCUT2D eigenvalue weighted by Gasteiger charge is 2.43. The standard InChI is InChI=1S/C10H18N2O.C2H6/c1-10(2,3)12-7-8-5-4-6-11(8)9(12)13;1-2/h8H,4-7H2,1-3H3;1-2H3. The van der Waals surface area contributed by atoms with Gasteiger partial charge in [-0.25, -0.2) is 4.79 Å². The smallest absolute Gasteiger partial charge is 0.320 e. The third-order valence-corrected chi connectivity index (χ3v) is 3.06. The number of rotatable bonds is 0. The summed E-state index contributed by atoms with van der Waals surface area (Å²) in [5.74, 6) is 0. The molecular formula is C12H24N2O. The number of amides is 2. The Bertz CT molecular complexity index is 232. The first-order chi connectivity index (χ1) is 7.00. The van der Waals surface area contributed by atoms with Crippen molar-refractivity contribution >= 4 is 6.03 Å². The van der Waals surface area contributed by atoms with E-state index in [2.05, 4.69) is 20.8 Å². The summed E-state index contributed by atoms with van der Waals surface area (Å²) >= 11 is 0. The molecule has 0 aromatic heterocycles. The lowest BCUT2D eigenvalue weighted by molar-refractivity contribution is 0.156. The normalized spacial score (nSPS) is 25.1. The molecule has 1 unspecified atom stereocenters. The molecule has 0 N–H and O–H groups in total. The van der Waals surface area contributed by atoms with Crippen molar-refractivity contribution < 1.29 is 4.79 Å². The fourth-order valence-electron chi connectivity index (χ4n) is 2.28. The van der Waals surface area contributed by atoms with Crippen LogP contribution >= 0.6 is 0 Å². The summed E-state index contributed by atoms with van der Waals surface area (Å²) in [5.41, 5.74) is -0.0125. The van der Waals surface area contributed by atoms with E-state index in [1.54, 1.807) is 0 Å². The number of urea groups is 1. The van der Waals surface area contributed by atoms with E-state index in [1.165, 1.54) is 12.8 Å². The van der Waals surface area contributed by atoms with Gasteiger partial charge in [-0.2, -0.15) is 0 Å². The second kappa shape index (κ2) is 4.42. The molecular weight excluding hydrogens is 188 g/mol. The van der Waals surface area contributed by atoms with Crippen LogP contribution in [0.15, 0.2) is 0 Å². The zero-order valence-corrected chi connectivity index (χ0v) is 10.7. The Kier molecular flexibility index (Phi) is 3.63. The highest BCUT2D eigenvalue weighted by Crippen LogP contribution is 2.30. The lowest BCUT2D eigenvalue weighted by Crippen LogP contribution is -2.44. The van der Waals surface area contributed by atoms with E-state index in [-0.39, 0.29) is 11.6 Å². The van der Waals surface area contributed by atoms with Crippen LogP contribution in [0.25, 0.3) is 0 Å². The number of nitrogens with zero attached hydrogens (tertiary/aromatic N) is 2. The SMILES string of the molecule is CC.CC(C)(C)N1CC2CCCN2C1=O. The Morgan fingerprint density at radius 2 is 1.87 bits per heavy atom. The third-order valence-electron chi connectivity index (χ3n) is 3.06. The molecule has 2 rings (SSSR count). The van der Waals surface area contributed by atoms with Crippen molar-refractivity contribution in [2.45, 2.75) is 59.0 Å². The third kappa shape index (κ3) is 2.27. The monoisotopic (exact) mass is 212 g/mol. The molecule has 88 valence electrons. The molecule has 0 aromatic rings. The topological polar surface area (TPSA) is 23.6 Å². The molecule has 0 aliphatic carbocycles. The Hall–Kier alpha value is -0.730. The van der Waals surface area contributed by atoms with Gasteiger partial charge in [-0.05, 0) is 33.6 Å². The molecule has 0 radical (unpaired) electrons. The molecule has 2 heterocycles. The van der Waals surface area contributed by atoms with E-state index in [0.29, 0.717) is 6.04 Å². The van der Waals surface area contributed by atoms with Gasteiger partial charge >= 0.3 is 6.03 Å². The fourth-order valence-corrected chi connectivity index (χ4v) is 2.28. The molecule has 2 aliphatic heterocycles. The Morgan fingerprint density at radius 3 is 2.33 bits per heavy atom. The lowest BCUT2D eigenvalue weighted by Gasteiger charge is -2.31. The Morgan fingerprint density at radius 1 is 1.27 bits per heavy atom. The molecule has 0 spiro atoms.